The summed E-state index contributed by atoms with van der Waals surface area (Å²) in [5, 5.41) is 0.432. The van der Waals surface area contributed by atoms with Gasteiger partial charge in [0.25, 0.3) is 0 Å². The lowest BCUT2D eigenvalue weighted by molar-refractivity contribution is -0.136. The van der Waals surface area contributed by atoms with E-state index in [4.69, 9.17) is 5.73 Å². The monoisotopic (exact) mass is 203 g/mol. The van der Waals surface area contributed by atoms with Crippen LogP contribution in [0.1, 0.15) is 13.8 Å². The molecule has 1 atom stereocenters. The number of carbonyl (C=O) groups is 1. The minimum atomic E-state index is -0.263. The van der Waals surface area contributed by atoms with Gasteiger partial charge in [-0.1, -0.05) is 13.0 Å². The maximum absolute atomic E-state index is 10.9. The second-order valence-corrected chi connectivity index (χ2v) is 4.23. The van der Waals surface area contributed by atoms with Crippen molar-refractivity contribution in [2.45, 2.75) is 19.1 Å². The van der Waals surface area contributed by atoms with E-state index in [1.165, 1.54) is 7.11 Å². The van der Waals surface area contributed by atoms with Gasteiger partial charge < -0.3 is 10.5 Å². The molecule has 76 valence electrons. The maximum atomic E-state index is 10.9. The van der Waals surface area contributed by atoms with Crippen molar-refractivity contribution in [2.75, 3.05) is 19.4 Å². The Balaban J connectivity index is 3.77. The van der Waals surface area contributed by atoms with Crippen LogP contribution in [0.15, 0.2) is 11.6 Å². The van der Waals surface area contributed by atoms with Gasteiger partial charge >= 0.3 is 5.97 Å². The molecule has 0 spiro atoms. The van der Waals surface area contributed by atoms with Crippen LogP contribution >= 0.6 is 11.8 Å². The van der Waals surface area contributed by atoms with Crippen LogP contribution in [-0.4, -0.2) is 30.6 Å². The summed E-state index contributed by atoms with van der Waals surface area (Å²) in [4.78, 5) is 10.9. The first-order chi connectivity index (χ1) is 6.11. The van der Waals surface area contributed by atoms with E-state index in [-0.39, 0.29) is 5.97 Å². The highest BCUT2D eigenvalue weighted by molar-refractivity contribution is 8.00. The molecule has 0 rings (SSSR count). The fraction of sp³-hybridized carbons (Fsp3) is 0.667. The third kappa shape index (κ3) is 5.71. The van der Waals surface area contributed by atoms with Crippen LogP contribution in [0.3, 0.4) is 0 Å². The second kappa shape index (κ2) is 6.97. The average Bonchev–Trinajstić information content (AvgIpc) is 2.15. The predicted molar refractivity (Wildman–Crippen MR) is 56.7 cm³/mol. The first-order valence-corrected chi connectivity index (χ1v) is 5.23. The van der Waals surface area contributed by atoms with Crippen molar-refractivity contribution in [3.8, 4) is 0 Å². The predicted octanol–water partition coefficient (Wildman–Crippen LogP) is 1.19. The van der Waals surface area contributed by atoms with Crippen LogP contribution in [0.2, 0.25) is 0 Å². The highest BCUT2D eigenvalue weighted by Gasteiger charge is 2.02. The molecule has 13 heavy (non-hydrogen) atoms. The SMILES string of the molecule is COC(=O)C(C)=CCSC(C)CN. The van der Waals surface area contributed by atoms with Crippen molar-refractivity contribution < 1.29 is 9.53 Å². The van der Waals surface area contributed by atoms with Gasteiger partial charge in [-0.3, -0.25) is 0 Å². The highest BCUT2D eigenvalue weighted by Crippen LogP contribution is 2.10. The zero-order valence-corrected chi connectivity index (χ0v) is 9.19. The molecule has 0 radical (unpaired) electrons. The molecule has 0 saturated heterocycles. The average molecular weight is 203 g/mol. The molecule has 0 aliphatic rings. The number of ether oxygens (including phenoxy) is 1. The number of nitrogens with two attached hydrogens (primary N) is 1. The fourth-order valence-electron chi connectivity index (χ4n) is 0.650. The van der Waals surface area contributed by atoms with Crippen molar-refractivity contribution >= 4 is 17.7 Å². The normalized spacial score (nSPS) is 14.0. The molecular formula is C9H17NO2S. The van der Waals surface area contributed by atoms with Crippen LogP contribution in [0.25, 0.3) is 0 Å². The number of hydrogen-bond acceptors (Lipinski definition) is 4. The molecule has 0 fully saturated rings. The largest absolute Gasteiger partial charge is 0.466 e. The summed E-state index contributed by atoms with van der Waals surface area (Å²) in [7, 11) is 1.38. The third-order valence-electron chi connectivity index (χ3n) is 1.61. The number of carbonyl (C=O) groups excluding carboxylic acids is 1. The van der Waals surface area contributed by atoms with Gasteiger partial charge in [0.1, 0.15) is 0 Å². The Morgan fingerprint density at radius 2 is 2.31 bits per heavy atom. The van der Waals surface area contributed by atoms with E-state index < -0.39 is 0 Å². The van der Waals surface area contributed by atoms with E-state index in [0.29, 0.717) is 17.4 Å². The Labute approximate surface area is 83.7 Å². The summed E-state index contributed by atoms with van der Waals surface area (Å²) in [6.07, 6.45) is 1.86. The Bertz CT molecular complexity index is 192. The van der Waals surface area contributed by atoms with Gasteiger partial charge in [0.05, 0.1) is 7.11 Å². The molecule has 0 bridgehead atoms. The molecule has 0 heterocycles. The van der Waals surface area contributed by atoms with Gasteiger partial charge in [0, 0.05) is 23.1 Å². The molecule has 0 aromatic heterocycles. The van der Waals surface area contributed by atoms with Crippen molar-refractivity contribution in [2.24, 2.45) is 5.73 Å². The molecule has 0 aliphatic carbocycles. The molecule has 0 aromatic carbocycles. The van der Waals surface area contributed by atoms with Crippen LogP contribution in [-0.2, 0) is 9.53 Å². The molecule has 1 unspecified atom stereocenters. The highest BCUT2D eigenvalue weighted by atomic mass is 32.2. The van der Waals surface area contributed by atoms with E-state index >= 15 is 0 Å². The van der Waals surface area contributed by atoms with Crippen molar-refractivity contribution in [3.63, 3.8) is 0 Å². The Morgan fingerprint density at radius 1 is 1.69 bits per heavy atom. The number of methoxy groups -OCH3 is 1. The zero-order chi connectivity index (χ0) is 10.3. The van der Waals surface area contributed by atoms with Gasteiger partial charge in [-0.15, -0.1) is 0 Å². The van der Waals surface area contributed by atoms with Crippen molar-refractivity contribution in [3.05, 3.63) is 11.6 Å². The van der Waals surface area contributed by atoms with Crippen LogP contribution < -0.4 is 5.73 Å². The molecule has 3 nitrogen and oxygen atoms in total. The summed E-state index contributed by atoms with van der Waals surface area (Å²) in [5.41, 5.74) is 6.09. The molecule has 0 saturated carbocycles. The lowest BCUT2D eigenvalue weighted by atomic mass is 10.3. The van der Waals surface area contributed by atoms with E-state index in [0.717, 1.165) is 5.75 Å². The third-order valence-corrected chi connectivity index (χ3v) is 2.73. The molecule has 4 heteroatoms. The minimum absolute atomic E-state index is 0.263. The standard InChI is InChI=1S/C9H17NO2S/c1-7(9(11)12-3)4-5-13-8(2)6-10/h4,8H,5-6,10H2,1-3H3. The molecule has 0 amide bonds. The quantitative estimate of drug-likeness (QED) is 0.538. The summed E-state index contributed by atoms with van der Waals surface area (Å²) in [5.74, 6) is 0.542. The lowest BCUT2D eigenvalue weighted by Gasteiger charge is -2.05. The minimum Gasteiger partial charge on any atom is -0.466 e. The van der Waals surface area contributed by atoms with Crippen molar-refractivity contribution in [1.29, 1.82) is 0 Å². The van der Waals surface area contributed by atoms with Crippen molar-refractivity contribution in [1.82, 2.24) is 0 Å². The number of hydrogen-bond donors (Lipinski definition) is 1. The molecule has 0 aliphatic heterocycles. The first kappa shape index (κ1) is 12.5. The summed E-state index contributed by atoms with van der Waals surface area (Å²) < 4.78 is 4.55. The molecule has 2 N–H and O–H groups in total. The van der Waals surface area contributed by atoms with E-state index in [2.05, 4.69) is 11.7 Å². The van der Waals surface area contributed by atoms with E-state index in [1.54, 1.807) is 18.7 Å². The van der Waals surface area contributed by atoms with E-state index in [1.807, 2.05) is 6.08 Å². The first-order valence-electron chi connectivity index (χ1n) is 4.18. The van der Waals surface area contributed by atoms with Gasteiger partial charge in [-0.25, -0.2) is 4.79 Å². The smallest absolute Gasteiger partial charge is 0.333 e. The topological polar surface area (TPSA) is 52.3 Å². The summed E-state index contributed by atoms with van der Waals surface area (Å²) in [6, 6.07) is 0. The summed E-state index contributed by atoms with van der Waals surface area (Å²) >= 11 is 1.72. The zero-order valence-electron chi connectivity index (χ0n) is 8.37. The van der Waals surface area contributed by atoms with Gasteiger partial charge in [-0.05, 0) is 6.92 Å². The number of esters is 1. The number of rotatable bonds is 5. The fourth-order valence-corrected chi connectivity index (χ4v) is 1.46. The lowest BCUT2D eigenvalue weighted by Crippen LogP contribution is -2.12. The van der Waals surface area contributed by atoms with Crippen LogP contribution in [0.4, 0.5) is 0 Å². The Morgan fingerprint density at radius 3 is 2.77 bits per heavy atom. The second-order valence-electron chi connectivity index (χ2n) is 2.76. The summed E-state index contributed by atoms with van der Waals surface area (Å²) in [6.45, 7) is 4.47. The Hall–Kier alpha value is -0.480. The van der Waals surface area contributed by atoms with Gasteiger partial charge in [-0.2, -0.15) is 11.8 Å². The van der Waals surface area contributed by atoms with Gasteiger partial charge in [0.2, 0.25) is 0 Å². The van der Waals surface area contributed by atoms with Gasteiger partial charge in [0.15, 0.2) is 0 Å². The maximum Gasteiger partial charge on any atom is 0.333 e. The Kier molecular flexibility index (Phi) is 6.72. The van der Waals surface area contributed by atoms with E-state index in [9.17, 15) is 4.79 Å². The number of thioether (sulfide) groups is 1. The molecular weight excluding hydrogens is 186 g/mol. The van der Waals surface area contributed by atoms with Crippen LogP contribution in [0.5, 0.6) is 0 Å². The van der Waals surface area contributed by atoms with Crippen LogP contribution in [0, 0.1) is 0 Å². The molecule has 0 aromatic rings.